The quantitative estimate of drug-likeness (QED) is 0.586. The Bertz CT molecular complexity index is 825. The molecule has 1 saturated heterocycles. The summed E-state index contributed by atoms with van der Waals surface area (Å²) >= 11 is 5.97. The first kappa shape index (κ1) is 21.4. The summed E-state index contributed by atoms with van der Waals surface area (Å²) < 4.78 is 6.08. The Kier molecular flexibility index (Phi) is 7.08. The molecule has 0 amide bonds. The van der Waals surface area contributed by atoms with Crippen molar-refractivity contribution in [1.82, 2.24) is 10.2 Å². The molecule has 0 bridgehead atoms. The van der Waals surface area contributed by atoms with Crippen LogP contribution < -0.4 is 10.1 Å². The topological polar surface area (TPSA) is 41.6 Å². The Morgan fingerprint density at radius 3 is 2.43 bits per heavy atom. The molecule has 2 aliphatic rings. The summed E-state index contributed by atoms with van der Waals surface area (Å²) in [4.78, 5) is 14.4. The lowest BCUT2D eigenvalue weighted by molar-refractivity contribution is -0.122. The van der Waals surface area contributed by atoms with E-state index in [2.05, 4.69) is 16.3 Å². The van der Waals surface area contributed by atoms with E-state index in [1.165, 1.54) is 25.5 Å². The van der Waals surface area contributed by atoms with E-state index < -0.39 is 0 Å². The third-order valence-electron chi connectivity index (χ3n) is 6.66. The molecule has 0 radical (unpaired) electrons. The van der Waals surface area contributed by atoms with E-state index in [1.807, 2.05) is 42.5 Å². The van der Waals surface area contributed by atoms with Crippen LogP contribution in [0.3, 0.4) is 0 Å². The van der Waals surface area contributed by atoms with Gasteiger partial charge in [-0.1, -0.05) is 49.1 Å². The highest BCUT2D eigenvalue weighted by Crippen LogP contribution is 2.34. The van der Waals surface area contributed by atoms with Crippen LogP contribution >= 0.6 is 11.6 Å². The number of ether oxygens (including phenoxy) is 1. The number of para-hydroxylation sites is 1. The zero-order chi connectivity index (χ0) is 20.8. The van der Waals surface area contributed by atoms with Gasteiger partial charge in [-0.25, -0.2) is 0 Å². The summed E-state index contributed by atoms with van der Waals surface area (Å²) in [5.74, 6) is 1.65. The molecule has 0 unspecified atom stereocenters. The van der Waals surface area contributed by atoms with Crippen molar-refractivity contribution in [3.8, 4) is 11.5 Å². The molecule has 1 aliphatic heterocycles. The molecule has 1 saturated carbocycles. The molecule has 1 N–H and O–H groups in total. The van der Waals surface area contributed by atoms with Crippen LogP contribution in [0.15, 0.2) is 48.5 Å². The average molecular weight is 427 g/mol. The van der Waals surface area contributed by atoms with Crippen molar-refractivity contribution >= 4 is 17.9 Å². The number of piperidine rings is 1. The van der Waals surface area contributed by atoms with Gasteiger partial charge in [0.15, 0.2) is 0 Å². The number of rotatable bonds is 7. The molecule has 30 heavy (non-hydrogen) atoms. The van der Waals surface area contributed by atoms with Gasteiger partial charge in [-0.2, -0.15) is 0 Å². The fraction of sp³-hybridized carbons (Fsp3) is 0.480. The molecular weight excluding hydrogens is 396 g/mol. The van der Waals surface area contributed by atoms with Gasteiger partial charge in [0, 0.05) is 36.3 Å². The van der Waals surface area contributed by atoms with Crippen molar-refractivity contribution < 1.29 is 9.53 Å². The van der Waals surface area contributed by atoms with Gasteiger partial charge in [-0.3, -0.25) is 4.90 Å². The van der Waals surface area contributed by atoms with Gasteiger partial charge in [-0.15, -0.1) is 0 Å². The van der Waals surface area contributed by atoms with Gasteiger partial charge < -0.3 is 14.8 Å². The van der Waals surface area contributed by atoms with Crippen LogP contribution in [0.1, 0.15) is 50.5 Å². The molecule has 0 aromatic heterocycles. The van der Waals surface area contributed by atoms with Gasteiger partial charge in [0.2, 0.25) is 0 Å². The van der Waals surface area contributed by atoms with E-state index in [4.69, 9.17) is 16.3 Å². The minimum Gasteiger partial charge on any atom is -0.457 e. The molecule has 160 valence electrons. The van der Waals surface area contributed by atoms with Crippen molar-refractivity contribution in [3.63, 3.8) is 0 Å². The second-order valence-corrected chi connectivity index (χ2v) is 9.02. The number of carbonyl (C=O) groups excluding carboxylic acids is 1. The monoisotopic (exact) mass is 426 g/mol. The van der Waals surface area contributed by atoms with Crippen LogP contribution in [-0.4, -0.2) is 35.9 Å². The molecule has 1 heterocycles. The van der Waals surface area contributed by atoms with E-state index in [-0.39, 0.29) is 5.54 Å². The molecule has 0 atom stereocenters. The fourth-order valence-corrected chi connectivity index (χ4v) is 4.96. The minimum atomic E-state index is -0.192. The number of benzene rings is 2. The summed E-state index contributed by atoms with van der Waals surface area (Å²) in [5.41, 5.74) is 0.953. The Labute approximate surface area is 184 Å². The van der Waals surface area contributed by atoms with Crippen LogP contribution in [-0.2, 0) is 11.3 Å². The van der Waals surface area contributed by atoms with Gasteiger partial charge >= 0.3 is 0 Å². The number of hydrogen-bond acceptors (Lipinski definition) is 4. The highest BCUT2D eigenvalue weighted by Gasteiger charge is 2.39. The lowest BCUT2D eigenvalue weighted by Crippen LogP contribution is -2.56. The number of halogens is 1. The van der Waals surface area contributed by atoms with Crippen molar-refractivity contribution in [3.05, 3.63) is 59.1 Å². The van der Waals surface area contributed by atoms with Crippen molar-refractivity contribution in [2.24, 2.45) is 0 Å². The molecule has 2 aromatic carbocycles. The summed E-state index contributed by atoms with van der Waals surface area (Å²) in [6.45, 7) is 2.77. The molecule has 5 heteroatoms. The Morgan fingerprint density at radius 2 is 1.73 bits per heavy atom. The van der Waals surface area contributed by atoms with Gasteiger partial charge in [0.05, 0.1) is 5.54 Å². The predicted molar refractivity (Wildman–Crippen MR) is 121 cm³/mol. The predicted octanol–water partition coefficient (Wildman–Crippen LogP) is 5.59. The van der Waals surface area contributed by atoms with Crippen LogP contribution in [0, 0.1) is 0 Å². The van der Waals surface area contributed by atoms with E-state index in [0.717, 1.165) is 62.4 Å². The number of nitrogens with zero attached hydrogens (tertiary/aromatic N) is 1. The third kappa shape index (κ3) is 5.05. The zero-order valence-corrected chi connectivity index (χ0v) is 18.2. The maximum atomic E-state index is 11.9. The third-order valence-corrected chi connectivity index (χ3v) is 6.91. The molecule has 4 rings (SSSR count). The highest BCUT2D eigenvalue weighted by atomic mass is 35.5. The number of likely N-dealkylation sites (tertiary alicyclic amines) is 1. The number of carbonyl (C=O) groups is 1. The Hall–Kier alpha value is -1.88. The summed E-state index contributed by atoms with van der Waals surface area (Å²) in [5, 5.41) is 4.41. The van der Waals surface area contributed by atoms with Crippen LogP contribution in [0.25, 0.3) is 0 Å². The summed E-state index contributed by atoms with van der Waals surface area (Å²) in [6, 6.07) is 16.1. The largest absolute Gasteiger partial charge is 0.457 e. The van der Waals surface area contributed by atoms with E-state index in [9.17, 15) is 4.79 Å². The Morgan fingerprint density at radius 1 is 1.03 bits per heavy atom. The van der Waals surface area contributed by atoms with Crippen LogP contribution in [0.5, 0.6) is 11.5 Å². The average Bonchev–Trinajstić information content (AvgIpc) is 2.81. The summed E-state index contributed by atoms with van der Waals surface area (Å²) in [6.07, 6.45) is 9.09. The first-order valence-corrected chi connectivity index (χ1v) is 11.5. The smallest absolute Gasteiger partial charge is 0.140 e. The maximum Gasteiger partial charge on any atom is 0.140 e. The van der Waals surface area contributed by atoms with Crippen LogP contribution in [0.2, 0.25) is 5.02 Å². The van der Waals surface area contributed by atoms with Crippen molar-refractivity contribution in [1.29, 1.82) is 0 Å². The van der Waals surface area contributed by atoms with Gasteiger partial charge in [-0.05, 0) is 56.0 Å². The van der Waals surface area contributed by atoms with E-state index in [1.54, 1.807) is 0 Å². The standard InChI is InChI=1S/C25H31ClN2O2/c26-21-8-10-23(11-9-21)30-24-7-3-2-6-20(24)18-27-22-12-16-28(17-13-22)25(19-29)14-4-1-5-15-25/h2-3,6-11,19,22,27H,1,4-5,12-18H2. The fourth-order valence-electron chi connectivity index (χ4n) is 4.83. The second kappa shape index (κ2) is 9.95. The van der Waals surface area contributed by atoms with Crippen molar-refractivity contribution in [2.75, 3.05) is 13.1 Å². The molecular formula is C25H31ClN2O2. The first-order valence-electron chi connectivity index (χ1n) is 11.1. The lowest BCUT2D eigenvalue weighted by atomic mass is 9.80. The minimum absolute atomic E-state index is 0.192. The van der Waals surface area contributed by atoms with E-state index >= 15 is 0 Å². The van der Waals surface area contributed by atoms with E-state index in [0.29, 0.717) is 11.1 Å². The number of hydrogen-bond donors (Lipinski definition) is 1. The van der Waals surface area contributed by atoms with Gasteiger partial charge in [0.25, 0.3) is 0 Å². The molecule has 0 spiro atoms. The van der Waals surface area contributed by atoms with Crippen LogP contribution in [0.4, 0.5) is 0 Å². The van der Waals surface area contributed by atoms with Gasteiger partial charge in [0.1, 0.15) is 17.8 Å². The first-order chi connectivity index (χ1) is 14.7. The maximum absolute atomic E-state index is 11.9. The number of nitrogens with one attached hydrogen (secondary N) is 1. The SMILES string of the molecule is O=CC1(N2CCC(NCc3ccccc3Oc3ccc(Cl)cc3)CC2)CCCCC1. The normalized spacial score (nSPS) is 20.0. The molecule has 1 aliphatic carbocycles. The molecule has 4 nitrogen and oxygen atoms in total. The zero-order valence-electron chi connectivity index (χ0n) is 17.5. The van der Waals surface area contributed by atoms with Crippen molar-refractivity contribution in [2.45, 2.75) is 63.1 Å². The summed E-state index contributed by atoms with van der Waals surface area (Å²) in [7, 11) is 0. The second-order valence-electron chi connectivity index (χ2n) is 8.59. The highest BCUT2D eigenvalue weighted by molar-refractivity contribution is 6.30. The molecule has 2 fully saturated rings. The number of aldehydes is 1. The lowest BCUT2D eigenvalue weighted by Gasteiger charge is -2.46. The Balaban J connectivity index is 1.32. The molecule has 2 aromatic rings.